The Morgan fingerprint density at radius 1 is 1.29 bits per heavy atom. The number of fused-ring (bicyclic) bond motifs is 2. The number of hydrogen-bond acceptors (Lipinski definition) is 3. The molecule has 0 fully saturated rings. The SMILES string of the molecule is O=C1C2CCC=C2C=NN1c1nc2cc(F)c(F)cc2[nH]1. The second-order valence-corrected chi connectivity index (χ2v) is 5.07. The van der Waals surface area contributed by atoms with Crippen molar-refractivity contribution in [3.05, 3.63) is 35.4 Å². The zero-order chi connectivity index (χ0) is 14.6. The Kier molecular flexibility index (Phi) is 2.44. The van der Waals surface area contributed by atoms with Gasteiger partial charge in [0.15, 0.2) is 11.6 Å². The molecule has 1 atom stereocenters. The Hall–Kier alpha value is -2.57. The lowest BCUT2D eigenvalue weighted by Crippen LogP contribution is -2.36. The Morgan fingerprint density at radius 3 is 2.95 bits per heavy atom. The van der Waals surface area contributed by atoms with Gasteiger partial charge >= 0.3 is 0 Å². The zero-order valence-electron chi connectivity index (χ0n) is 10.8. The van der Waals surface area contributed by atoms with E-state index < -0.39 is 11.6 Å². The van der Waals surface area contributed by atoms with Gasteiger partial charge in [-0.1, -0.05) is 6.08 Å². The third kappa shape index (κ3) is 1.77. The summed E-state index contributed by atoms with van der Waals surface area (Å²) in [6.07, 6.45) is 5.22. The van der Waals surface area contributed by atoms with Crippen LogP contribution in [-0.2, 0) is 4.79 Å². The maximum absolute atomic E-state index is 13.2. The molecule has 2 aromatic rings. The van der Waals surface area contributed by atoms with E-state index in [1.807, 2.05) is 6.08 Å². The van der Waals surface area contributed by atoms with Gasteiger partial charge in [-0.3, -0.25) is 4.79 Å². The number of anilines is 1. The van der Waals surface area contributed by atoms with Crippen molar-refractivity contribution in [1.82, 2.24) is 9.97 Å². The summed E-state index contributed by atoms with van der Waals surface area (Å²) in [7, 11) is 0. The van der Waals surface area contributed by atoms with Crippen LogP contribution in [-0.4, -0.2) is 22.1 Å². The molecule has 1 aromatic heterocycles. The lowest BCUT2D eigenvalue weighted by Gasteiger charge is -2.23. The van der Waals surface area contributed by atoms with E-state index in [1.165, 1.54) is 0 Å². The van der Waals surface area contributed by atoms with Gasteiger partial charge in [0.1, 0.15) is 0 Å². The topological polar surface area (TPSA) is 61.4 Å². The first-order valence-electron chi connectivity index (χ1n) is 6.56. The van der Waals surface area contributed by atoms with Crippen LogP contribution in [0.4, 0.5) is 14.7 Å². The Bertz CT molecular complexity index is 785. The molecule has 1 aromatic carbocycles. The fraction of sp³-hybridized carbons (Fsp3) is 0.214. The number of nitrogens with zero attached hydrogens (tertiary/aromatic N) is 3. The van der Waals surface area contributed by atoms with Gasteiger partial charge in [0, 0.05) is 12.1 Å². The van der Waals surface area contributed by atoms with Crippen LogP contribution < -0.4 is 5.01 Å². The third-order valence-corrected chi connectivity index (χ3v) is 3.78. The van der Waals surface area contributed by atoms with Gasteiger partial charge in [0.05, 0.1) is 23.2 Å². The summed E-state index contributed by atoms with van der Waals surface area (Å²) in [5, 5.41) is 5.23. The highest BCUT2D eigenvalue weighted by atomic mass is 19.2. The molecular weight excluding hydrogens is 278 g/mol. The summed E-state index contributed by atoms with van der Waals surface area (Å²) in [5.41, 5.74) is 1.49. The molecule has 7 heteroatoms. The molecule has 5 nitrogen and oxygen atoms in total. The molecule has 2 aliphatic rings. The molecule has 1 amide bonds. The predicted molar refractivity (Wildman–Crippen MR) is 72.8 cm³/mol. The van der Waals surface area contributed by atoms with Crippen molar-refractivity contribution in [1.29, 1.82) is 0 Å². The maximum atomic E-state index is 13.2. The van der Waals surface area contributed by atoms with Crippen molar-refractivity contribution in [2.75, 3.05) is 5.01 Å². The molecule has 0 spiro atoms. The maximum Gasteiger partial charge on any atom is 0.257 e. The van der Waals surface area contributed by atoms with Crippen LogP contribution in [0.2, 0.25) is 0 Å². The number of hydrogen-bond donors (Lipinski definition) is 1. The fourth-order valence-corrected chi connectivity index (χ4v) is 2.71. The highest BCUT2D eigenvalue weighted by molar-refractivity contribution is 6.05. The number of benzene rings is 1. The molecule has 21 heavy (non-hydrogen) atoms. The molecule has 1 N–H and O–H groups in total. The lowest BCUT2D eigenvalue weighted by molar-refractivity contribution is -0.121. The minimum Gasteiger partial charge on any atom is -0.322 e. The first-order valence-corrected chi connectivity index (χ1v) is 6.56. The zero-order valence-corrected chi connectivity index (χ0v) is 10.8. The quantitative estimate of drug-likeness (QED) is 0.876. The standard InChI is InChI=1S/C14H10F2N4O/c15-9-4-11-12(5-10(9)16)19-14(18-11)20-13(21)8-3-1-2-7(8)6-17-20/h2,4-6,8H,1,3H2,(H,18,19). The Labute approximate surface area is 118 Å². The number of nitrogens with one attached hydrogen (secondary N) is 1. The van der Waals surface area contributed by atoms with Crippen molar-refractivity contribution in [3.63, 3.8) is 0 Å². The fourth-order valence-electron chi connectivity index (χ4n) is 2.71. The predicted octanol–water partition coefficient (Wildman–Crippen LogP) is 2.51. The Morgan fingerprint density at radius 2 is 2.10 bits per heavy atom. The van der Waals surface area contributed by atoms with Crippen molar-refractivity contribution < 1.29 is 13.6 Å². The molecule has 1 aliphatic carbocycles. The number of halogens is 2. The van der Waals surface area contributed by atoms with Crippen LogP contribution in [0, 0.1) is 17.6 Å². The normalized spacial score (nSPS) is 21.0. The van der Waals surface area contributed by atoms with E-state index in [2.05, 4.69) is 15.1 Å². The monoisotopic (exact) mass is 288 g/mol. The number of allylic oxidation sites excluding steroid dienone is 1. The van der Waals surface area contributed by atoms with Crippen molar-refractivity contribution in [3.8, 4) is 0 Å². The number of aromatic nitrogens is 2. The smallest absolute Gasteiger partial charge is 0.257 e. The van der Waals surface area contributed by atoms with Gasteiger partial charge in [-0.05, 0) is 18.4 Å². The summed E-state index contributed by atoms with van der Waals surface area (Å²) < 4.78 is 26.4. The van der Waals surface area contributed by atoms with Crippen molar-refractivity contribution in [2.45, 2.75) is 12.8 Å². The molecule has 0 saturated carbocycles. The average Bonchev–Trinajstić information content (AvgIpc) is 3.06. The lowest BCUT2D eigenvalue weighted by atomic mass is 10.0. The summed E-state index contributed by atoms with van der Waals surface area (Å²) in [6, 6.07) is 2.00. The van der Waals surface area contributed by atoms with Crippen LogP contribution in [0.5, 0.6) is 0 Å². The van der Waals surface area contributed by atoms with Gasteiger partial charge in [-0.25, -0.2) is 13.8 Å². The number of H-pyrrole nitrogens is 1. The highest BCUT2D eigenvalue weighted by Crippen LogP contribution is 2.31. The van der Waals surface area contributed by atoms with Crippen LogP contribution in [0.15, 0.2) is 28.9 Å². The second-order valence-electron chi connectivity index (χ2n) is 5.07. The van der Waals surface area contributed by atoms with E-state index in [1.54, 1.807) is 6.21 Å². The number of aromatic amines is 1. The molecule has 0 bridgehead atoms. The summed E-state index contributed by atoms with van der Waals surface area (Å²) in [5.74, 6) is -2.16. The molecular formula is C14H10F2N4O. The molecule has 0 saturated heterocycles. The Balaban J connectivity index is 1.78. The van der Waals surface area contributed by atoms with Crippen LogP contribution in [0.3, 0.4) is 0 Å². The summed E-state index contributed by atoms with van der Waals surface area (Å²) >= 11 is 0. The van der Waals surface area contributed by atoms with Gasteiger partial charge in [-0.15, -0.1) is 0 Å². The van der Waals surface area contributed by atoms with Crippen LogP contribution in [0.25, 0.3) is 11.0 Å². The minimum atomic E-state index is -0.977. The molecule has 1 unspecified atom stereocenters. The number of carbonyl (C=O) groups excluding carboxylic acids is 1. The number of imidazole rings is 1. The largest absolute Gasteiger partial charge is 0.322 e. The number of carbonyl (C=O) groups is 1. The molecule has 4 rings (SSSR count). The van der Waals surface area contributed by atoms with Gasteiger partial charge in [0.2, 0.25) is 5.95 Å². The summed E-state index contributed by atoms with van der Waals surface area (Å²) in [6.45, 7) is 0. The van der Waals surface area contributed by atoms with E-state index in [0.717, 1.165) is 35.6 Å². The molecule has 0 radical (unpaired) electrons. The highest BCUT2D eigenvalue weighted by Gasteiger charge is 2.34. The van der Waals surface area contributed by atoms with Crippen LogP contribution >= 0.6 is 0 Å². The average molecular weight is 288 g/mol. The summed E-state index contributed by atoms with van der Waals surface area (Å²) in [4.78, 5) is 19.3. The van der Waals surface area contributed by atoms with Crippen molar-refractivity contribution in [2.24, 2.45) is 11.0 Å². The van der Waals surface area contributed by atoms with E-state index >= 15 is 0 Å². The molecule has 1 aliphatic heterocycles. The number of rotatable bonds is 1. The van der Waals surface area contributed by atoms with Gasteiger partial charge in [-0.2, -0.15) is 10.1 Å². The first-order chi connectivity index (χ1) is 10.1. The van der Waals surface area contributed by atoms with Crippen molar-refractivity contribution >= 4 is 29.1 Å². The number of hydrazone groups is 1. The van der Waals surface area contributed by atoms with E-state index in [9.17, 15) is 13.6 Å². The first kappa shape index (κ1) is 12.2. The van der Waals surface area contributed by atoms with E-state index in [4.69, 9.17) is 0 Å². The van der Waals surface area contributed by atoms with Gasteiger partial charge in [0.25, 0.3) is 5.91 Å². The van der Waals surface area contributed by atoms with Crippen LogP contribution in [0.1, 0.15) is 12.8 Å². The second kappa shape index (κ2) is 4.21. The van der Waals surface area contributed by atoms with Gasteiger partial charge < -0.3 is 4.98 Å². The van der Waals surface area contributed by atoms with E-state index in [0.29, 0.717) is 5.52 Å². The number of amides is 1. The van der Waals surface area contributed by atoms with E-state index in [-0.39, 0.29) is 23.3 Å². The molecule has 106 valence electrons. The third-order valence-electron chi connectivity index (χ3n) is 3.78. The molecule has 2 heterocycles. The minimum absolute atomic E-state index is 0.169.